The first-order chi connectivity index (χ1) is 14.9. The highest BCUT2D eigenvalue weighted by molar-refractivity contribution is 7.84. The van der Waals surface area contributed by atoms with Crippen LogP contribution in [0.5, 0.6) is 11.5 Å². The molecule has 31 heavy (non-hydrogen) atoms. The molecule has 0 saturated heterocycles. The summed E-state index contributed by atoms with van der Waals surface area (Å²) >= 11 is 0. The van der Waals surface area contributed by atoms with Crippen LogP contribution < -0.4 is 9.47 Å². The Labute approximate surface area is 185 Å². The van der Waals surface area contributed by atoms with Gasteiger partial charge in [0.2, 0.25) is 5.16 Å². The third kappa shape index (κ3) is 4.90. The second kappa shape index (κ2) is 9.96. The molecule has 3 rings (SSSR count). The van der Waals surface area contributed by atoms with Gasteiger partial charge in [-0.2, -0.15) is 0 Å². The molecule has 166 valence electrons. The van der Waals surface area contributed by atoms with Crippen molar-refractivity contribution in [3.05, 3.63) is 53.6 Å². The summed E-state index contributed by atoms with van der Waals surface area (Å²) in [7, 11) is 1.78. The van der Waals surface area contributed by atoms with Crippen LogP contribution >= 0.6 is 0 Å². The molecule has 0 aliphatic carbocycles. The second-order valence-corrected chi connectivity index (χ2v) is 8.62. The zero-order chi connectivity index (χ0) is 22.5. The zero-order valence-corrected chi connectivity index (χ0v) is 19.5. The van der Waals surface area contributed by atoms with Gasteiger partial charge in [0.1, 0.15) is 11.5 Å². The molecule has 7 nitrogen and oxygen atoms in total. The standard InChI is InChI=1S/C23H29N3O4S/c1-7-8-16(3)30-14-26-21-10-9-18(28-5)11-19(21)25-23(26)31(27)13-20-17(4)22(29-6)15(2)12-24-20/h9-12H,3,7-8,13-14H2,1-2,4-6H3. The Morgan fingerprint density at radius 1 is 1.23 bits per heavy atom. The molecule has 0 radical (unpaired) electrons. The van der Waals surface area contributed by atoms with Gasteiger partial charge in [-0.15, -0.1) is 0 Å². The molecule has 0 amide bonds. The van der Waals surface area contributed by atoms with Crippen molar-refractivity contribution in [1.82, 2.24) is 14.5 Å². The number of imidazole rings is 1. The maximum absolute atomic E-state index is 13.4. The van der Waals surface area contributed by atoms with Gasteiger partial charge in [-0.1, -0.05) is 13.5 Å². The van der Waals surface area contributed by atoms with Crippen molar-refractivity contribution < 1.29 is 18.4 Å². The number of benzene rings is 1. The van der Waals surface area contributed by atoms with E-state index in [0.717, 1.165) is 35.2 Å². The molecule has 0 spiro atoms. The maximum atomic E-state index is 13.4. The minimum atomic E-state index is -1.45. The Kier molecular flexibility index (Phi) is 7.33. The van der Waals surface area contributed by atoms with Gasteiger partial charge in [0.25, 0.3) is 0 Å². The number of hydrogen-bond acceptors (Lipinski definition) is 6. The number of pyridine rings is 1. The Bertz CT molecular complexity index is 1120. The smallest absolute Gasteiger partial charge is 0.203 e. The average molecular weight is 444 g/mol. The van der Waals surface area contributed by atoms with Gasteiger partial charge < -0.3 is 14.2 Å². The molecule has 0 aliphatic heterocycles. The van der Waals surface area contributed by atoms with Crippen LogP contribution in [-0.4, -0.2) is 33.0 Å². The molecule has 1 unspecified atom stereocenters. The monoisotopic (exact) mass is 443 g/mol. The third-order valence-corrected chi connectivity index (χ3v) is 6.32. The number of ether oxygens (including phenoxy) is 3. The zero-order valence-electron chi connectivity index (χ0n) is 18.7. The highest BCUT2D eigenvalue weighted by atomic mass is 32.2. The molecule has 2 aromatic heterocycles. The number of aryl methyl sites for hydroxylation is 1. The normalized spacial score (nSPS) is 12.0. The van der Waals surface area contributed by atoms with E-state index >= 15 is 0 Å². The fourth-order valence-electron chi connectivity index (χ4n) is 3.43. The summed E-state index contributed by atoms with van der Waals surface area (Å²) in [6, 6.07) is 5.57. The van der Waals surface area contributed by atoms with Crippen molar-refractivity contribution in [2.75, 3.05) is 14.2 Å². The fraction of sp³-hybridized carbons (Fsp3) is 0.391. The summed E-state index contributed by atoms with van der Waals surface area (Å²) < 4.78 is 31.9. The van der Waals surface area contributed by atoms with Crippen molar-refractivity contribution in [2.45, 2.75) is 51.3 Å². The van der Waals surface area contributed by atoms with Gasteiger partial charge in [-0.05, 0) is 32.4 Å². The predicted octanol–water partition coefficient (Wildman–Crippen LogP) is 4.66. The molecule has 0 aliphatic rings. The number of allylic oxidation sites excluding steroid dienone is 1. The molecule has 1 aromatic carbocycles. The molecular weight excluding hydrogens is 414 g/mol. The lowest BCUT2D eigenvalue weighted by Crippen LogP contribution is -2.11. The van der Waals surface area contributed by atoms with Crippen LogP contribution in [0.1, 0.15) is 36.6 Å². The highest BCUT2D eigenvalue weighted by Gasteiger charge is 2.20. The highest BCUT2D eigenvalue weighted by Crippen LogP contribution is 2.28. The summed E-state index contributed by atoms with van der Waals surface area (Å²) in [5, 5.41) is 0.424. The second-order valence-electron chi connectivity index (χ2n) is 7.28. The third-order valence-electron chi connectivity index (χ3n) is 5.07. The van der Waals surface area contributed by atoms with E-state index in [0.29, 0.717) is 27.9 Å². The van der Waals surface area contributed by atoms with Crippen LogP contribution in [0, 0.1) is 13.8 Å². The summed E-state index contributed by atoms with van der Waals surface area (Å²) in [5.74, 6) is 2.36. The number of hydrogen-bond donors (Lipinski definition) is 0. The molecule has 0 fully saturated rings. The van der Waals surface area contributed by atoms with E-state index in [1.807, 2.05) is 36.6 Å². The first-order valence-electron chi connectivity index (χ1n) is 10.1. The lowest BCUT2D eigenvalue weighted by Gasteiger charge is -2.14. The minimum absolute atomic E-state index is 0.187. The van der Waals surface area contributed by atoms with Gasteiger partial charge >= 0.3 is 0 Å². The van der Waals surface area contributed by atoms with Gasteiger partial charge in [-0.25, -0.2) is 4.98 Å². The molecule has 3 aromatic rings. The Balaban J connectivity index is 1.98. The largest absolute Gasteiger partial charge is 0.497 e. The molecule has 0 N–H and O–H groups in total. The van der Waals surface area contributed by atoms with E-state index in [1.54, 1.807) is 20.4 Å². The van der Waals surface area contributed by atoms with Crippen LogP contribution in [0.15, 0.2) is 41.9 Å². The lowest BCUT2D eigenvalue weighted by molar-refractivity contribution is 0.133. The molecular formula is C23H29N3O4S. The van der Waals surface area contributed by atoms with Crippen molar-refractivity contribution in [3.63, 3.8) is 0 Å². The molecule has 0 saturated carbocycles. The average Bonchev–Trinajstić information content (AvgIpc) is 3.12. The van der Waals surface area contributed by atoms with Crippen molar-refractivity contribution >= 4 is 21.8 Å². The SMILES string of the molecule is C=C(CCC)OCn1c(S(=O)Cc2ncc(C)c(OC)c2C)nc2cc(OC)ccc21. The topological polar surface area (TPSA) is 75.5 Å². The van der Waals surface area contributed by atoms with Gasteiger partial charge in [0, 0.05) is 29.8 Å². The predicted molar refractivity (Wildman–Crippen MR) is 122 cm³/mol. The van der Waals surface area contributed by atoms with Crippen molar-refractivity contribution in [1.29, 1.82) is 0 Å². The maximum Gasteiger partial charge on any atom is 0.203 e. The first kappa shape index (κ1) is 22.8. The number of nitrogens with zero attached hydrogens (tertiary/aromatic N) is 3. The molecule has 1 atom stereocenters. The Morgan fingerprint density at radius 3 is 2.68 bits per heavy atom. The van der Waals surface area contributed by atoms with E-state index in [2.05, 4.69) is 23.5 Å². The van der Waals surface area contributed by atoms with Gasteiger partial charge in [0.05, 0.1) is 53.3 Å². The van der Waals surface area contributed by atoms with Crippen LogP contribution in [0.2, 0.25) is 0 Å². The van der Waals surface area contributed by atoms with E-state index in [4.69, 9.17) is 14.2 Å². The Hall–Kier alpha value is -2.87. The molecule has 8 heteroatoms. The van der Waals surface area contributed by atoms with Gasteiger partial charge in [-0.3, -0.25) is 13.8 Å². The minimum Gasteiger partial charge on any atom is -0.497 e. The van der Waals surface area contributed by atoms with Crippen molar-refractivity contribution in [2.24, 2.45) is 0 Å². The number of aromatic nitrogens is 3. The molecule has 0 bridgehead atoms. The van der Waals surface area contributed by atoms with Crippen LogP contribution in [0.3, 0.4) is 0 Å². The number of methoxy groups -OCH3 is 2. The Morgan fingerprint density at radius 2 is 2.00 bits per heavy atom. The van der Waals surface area contributed by atoms with E-state index in [9.17, 15) is 4.21 Å². The van der Waals surface area contributed by atoms with E-state index in [1.165, 1.54) is 0 Å². The summed E-state index contributed by atoms with van der Waals surface area (Å²) in [5.41, 5.74) is 4.05. The summed E-state index contributed by atoms with van der Waals surface area (Å²) in [6.07, 6.45) is 3.45. The summed E-state index contributed by atoms with van der Waals surface area (Å²) in [4.78, 5) is 9.13. The van der Waals surface area contributed by atoms with Crippen molar-refractivity contribution in [3.8, 4) is 11.5 Å². The quantitative estimate of drug-likeness (QED) is 0.424. The number of rotatable bonds is 10. The fourth-order valence-corrected chi connectivity index (χ4v) is 4.69. The number of fused-ring (bicyclic) bond motifs is 1. The molecule has 2 heterocycles. The lowest BCUT2D eigenvalue weighted by atomic mass is 10.1. The van der Waals surface area contributed by atoms with Crippen LogP contribution in [-0.2, 0) is 28.0 Å². The van der Waals surface area contributed by atoms with E-state index in [-0.39, 0.29) is 12.5 Å². The van der Waals surface area contributed by atoms with Gasteiger partial charge in [0.15, 0.2) is 6.73 Å². The van der Waals surface area contributed by atoms with Crippen LogP contribution in [0.25, 0.3) is 11.0 Å². The van der Waals surface area contributed by atoms with E-state index < -0.39 is 10.8 Å². The summed E-state index contributed by atoms with van der Waals surface area (Å²) in [6.45, 7) is 10.1. The van der Waals surface area contributed by atoms with Crippen LogP contribution in [0.4, 0.5) is 0 Å². The first-order valence-corrected chi connectivity index (χ1v) is 11.4.